The number of Topliss-reactive ketones (excluding diaryl/α,β-unsaturated/α-hetero) is 1. The van der Waals surface area contributed by atoms with Gasteiger partial charge in [0.15, 0.2) is 11.6 Å². The smallest absolute Gasteiger partial charge is 0.274 e. The van der Waals surface area contributed by atoms with Crippen LogP contribution in [0.3, 0.4) is 0 Å². The van der Waals surface area contributed by atoms with Gasteiger partial charge in [0.05, 0.1) is 17.8 Å². The van der Waals surface area contributed by atoms with E-state index in [9.17, 15) is 14.4 Å². The van der Waals surface area contributed by atoms with Crippen molar-refractivity contribution in [3.63, 3.8) is 0 Å². The molecular formula is C27H33N5O4. The number of rotatable bonds is 7. The van der Waals surface area contributed by atoms with Gasteiger partial charge in [0.1, 0.15) is 5.60 Å². The number of hydrogen-bond donors (Lipinski definition) is 2. The van der Waals surface area contributed by atoms with Gasteiger partial charge in [-0.05, 0) is 32.6 Å². The van der Waals surface area contributed by atoms with Crippen LogP contribution in [-0.4, -0.2) is 42.4 Å². The first-order valence-electron chi connectivity index (χ1n) is 12.9. The van der Waals surface area contributed by atoms with E-state index in [1.165, 1.54) is 10.6 Å². The molecule has 0 atom stereocenters. The average molecular weight is 492 g/mol. The summed E-state index contributed by atoms with van der Waals surface area (Å²) >= 11 is 0. The Morgan fingerprint density at radius 3 is 2.33 bits per heavy atom. The van der Waals surface area contributed by atoms with Crippen molar-refractivity contribution >= 4 is 17.5 Å². The van der Waals surface area contributed by atoms with E-state index in [0.717, 1.165) is 44.1 Å². The van der Waals surface area contributed by atoms with E-state index in [-0.39, 0.29) is 29.6 Å². The molecule has 9 nitrogen and oxygen atoms in total. The van der Waals surface area contributed by atoms with Crippen molar-refractivity contribution in [2.75, 3.05) is 0 Å². The normalized spacial score (nSPS) is 19.1. The summed E-state index contributed by atoms with van der Waals surface area (Å²) in [7, 11) is 0. The molecule has 2 saturated carbocycles. The van der Waals surface area contributed by atoms with E-state index in [4.69, 9.17) is 4.74 Å². The average Bonchev–Trinajstić information content (AvgIpc) is 3.34. The third kappa shape index (κ3) is 4.72. The fourth-order valence-electron chi connectivity index (χ4n) is 5.55. The summed E-state index contributed by atoms with van der Waals surface area (Å²) in [5, 5.41) is 6.12. The summed E-state index contributed by atoms with van der Waals surface area (Å²) in [6.07, 6.45) is 8.21. The van der Waals surface area contributed by atoms with Crippen LogP contribution in [0.4, 0.5) is 0 Å². The minimum atomic E-state index is -1.04. The molecule has 36 heavy (non-hydrogen) atoms. The topological polar surface area (TPSA) is 118 Å². The highest BCUT2D eigenvalue weighted by atomic mass is 16.5. The van der Waals surface area contributed by atoms with Gasteiger partial charge in [0.25, 0.3) is 17.2 Å². The second-order valence-corrected chi connectivity index (χ2v) is 10.2. The maximum absolute atomic E-state index is 13.7. The van der Waals surface area contributed by atoms with E-state index in [0.29, 0.717) is 37.2 Å². The van der Waals surface area contributed by atoms with Crippen LogP contribution in [0, 0.1) is 0 Å². The zero-order chi connectivity index (χ0) is 25.2. The van der Waals surface area contributed by atoms with Gasteiger partial charge in [-0.1, -0.05) is 68.9 Å². The number of hydrogen-bond acceptors (Lipinski definition) is 6. The van der Waals surface area contributed by atoms with Gasteiger partial charge in [0, 0.05) is 11.6 Å². The molecule has 1 amide bonds. The van der Waals surface area contributed by atoms with Gasteiger partial charge in [0.2, 0.25) is 0 Å². The van der Waals surface area contributed by atoms with Gasteiger partial charge < -0.3 is 10.1 Å². The zero-order valence-electron chi connectivity index (χ0n) is 20.7. The molecule has 9 heteroatoms. The van der Waals surface area contributed by atoms with E-state index < -0.39 is 11.1 Å². The quantitative estimate of drug-likeness (QED) is 0.520. The molecule has 0 saturated heterocycles. The molecule has 1 aromatic carbocycles. The van der Waals surface area contributed by atoms with Crippen molar-refractivity contribution in [3.8, 4) is 11.4 Å². The SMILES string of the molecule is CC(=O)C1(NC(=O)C2(OCc3cc(=O)n4[nH]c(-c5ccccc5)nc4n3)CCCCC2)CCCCC1. The van der Waals surface area contributed by atoms with Crippen LogP contribution in [0.25, 0.3) is 17.2 Å². The van der Waals surface area contributed by atoms with Crippen LogP contribution in [0.2, 0.25) is 0 Å². The van der Waals surface area contributed by atoms with Crippen LogP contribution in [-0.2, 0) is 20.9 Å². The molecule has 2 aliphatic carbocycles. The monoisotopic (exact) mass is 491 g/mol. The van der Waals surface area contributed by atoms with Crippen molar-refractivity contribution in [1.82, 2.24) is 24.9 Å². The number of nitrogens with one attached hydrogen (secondary N) is 2. The maximum atomic E-state index is 13.7. The summed E-state index contributed by atoms with van der Waals surface area (Å²) < 4.78 is 7.61. The second-order valence-electron chi connectivity index (χ2n) is 10.2. The van der Waals surface area contributed by atoms with E-state index in [1.54, 1.807) is 6.92 Å². The van der Waals surface area contributed by atoms with Crippen LogP contribution < -0.4 is 10.9 Å². The molecule has 0 spiro atoms. The van der Waals surface area contributed by atoms with E-state index in [2.05, 4.69) is 20.4 Å². The van der Waals surface area contributed by atoms with Crippen molar-refractivity contribution in [2.24, 2.45) is 0 Å². The lowest BCUT2D eigenvalue weighted by atomic mass is 9.77. The Balaban J connectivity index is 1.38. The predicted molar refractivity (Wildman–Crippen MR) is 134 cm³/mol. The number of ketones is 1. The molecule has 2 aliphatic rings. The van der Waals surface area contributed by atoms with E-state index in [1.807, 2.05) is 30.3 Å². The molecule has 3 aromatic rings. The number of amides is 1. The minimum Gasteiger partial charge on any atom is -0.359 e. The molecule has 0 aliphatic heterocycles. The predicted octanol–water partition coefficient (Wildman–Crippen LogP) is 3.71. The molecule has 5 rings (SSSR count). The zero-order valence-corrected chi connectivity index (χ0v) is 20.7. The van der Waals surface area contributed by atoms with Crippen LogP contribution in [0.1, 0.15) is 76.8 Å². The number of benzene rings is 1. The lowest BCUT2D eigenvalue weighted by Crippen LogP contribution is -2.61. The number of fused-ring (bicyclic) bond motifs is 1. The Labute approximate surface area is 209 Å². The lowest BCUT2D eigenvalue weighted by Gasteiger charge is -2.41. The number of carbonyl (C=O) groups is 2. The molecule has 0 radical (unpaired) electrons. The molecule has 2 fully saturated rings. The van der Waals surface area contributed by atoms with Crippen molar-refractivity contribution in [2.45, 2.75) is 88.9 Å². The summed E-state index contributed by atoms with van der Waals surface area (Å²) in [6.45, 7) is 1.58. The number of H-pyrrole nitrogens is 1. The largest absolute Gasteiger partial charge is 0.359 e. The Morgan fingerprint density at radius 2 is 1.67 bits per heavy atom. The van der Waals surface area contributed by atoms with Crippen molar-refractivity contribution in [1.29, 1.82) is 0 Å². The Morgan fingerprint density at radius 1 is 1.00 bits per heavy atom. The lowest BCUT2D eigenvalue weighted by molar-refractivity contribution is -0.158. The first-order valence-corrected chi connectivity index (χ1v) is 12.9. The molecule has 0 unspecified atom stereocenters. The number of nitrogens with zero attached hydrogens (tertiary/aromatic N) is 3. The van der Waals surface area contributed by atoms with Gasteiger partial charge in [-0.25, -0.2) is 4.98 Å². The second kappa shape index (κ2) is 9.97. The van der Waals surface area contributed by atoms with Gasteiger partial charge in [-0.15, -0.1) is 0 Å². The fourth-order valence-corrected chi connectivity index (χ4v) is 5.55. The minimum absolute atomic E-state index is 0.00871. The number of aromatic nitrogens is 4. The highest BCUT2D eigenvalue weighted by molar-refractivity contribution is 5.94. The Kier molecular flexibility index (Phi) is 6.75. The van der Waals surface area contributed by atoms with Crippen molar-refractivity contribution in [3.05, 3.63) is 52.4 Å². The first-order chi connectivity index (χ1) is 17.4. The highest BCUT2D eigenvalue weighted by Gasteiger charge is 2.46. The Hall–Kier alpha value is -3.33. The van der Waals surface area contributed by atoms with Crippen molar-refractivity contribution < 1.29 is 14.3 Å². The molecular weight excluding hydrogens is 458 g/mol. The van der Waals surface area contributed by atoms with Crippen LogP contribution in [0.5, 0.6) is 0 Å². The summed E-state index contributed by atoms with van der Waals surface area (Å²) in [4.78, 5) is 48.0. The molecule has 190 valence electrons. The molecule has 2 heterocycles. The standard InChI is InChI=1S/C27H33N5O4/c1-19(33)26(13-7-3-8-14-26)30-24(35)27(15-9-4-10-16-27)36-18-21-17-22(34)32-25(28-21)29-23(31-32)20-11-5-2-6-12-20/h2,5-6,11-12,17H,3-4,7-10,13-16,18H2,1H3,(H,30,35)(H,28,29,31). The number of ether oxygens (including phenoxy) is 1. The number of aromatic amines is 1. The summed E-state index contributed by atoms with van der Waals surface area (Å²) in [5.74, 6) is 0.584. The summed E-state index contributed by atoms with van der Waals surface area (Å²) in [6, 6.07) is 10.9. The van der Waals surface area contributed by atoms with Gasteiger partial charge in [-0.3, -0.25) is 19.5 Å². The van der Waals surface area contributed by atoms with E-state index >= 15 is 0 Å². The molecule has 2 N–H and O–H groups in total. The first kappa shape index (κ1) is 24.4. The molecule has 2 aromatic heterocycles. The van der Waals surface area contributed by atoms with Gasteiger partial charge >= 0.3 is 0 Å². The third-order valence-corrected chi connectivity index (χ3v) is 7.74. The maximum Gasteiger partial charge on any atom is 0.274 e. The number of carbonyl (C=O) groups excluding carboxylic acids is 2. The third-order valence-electron chi connectivity index (χ3n) is 7.74. The van der Waals surface area contributed by atoms with Crippen LogP contribution in [0.15, 0.2) is 41.2 Å². The van der Waals surface area contributed by atoms with Crippen LogP contribution >= 0.6 is 0 Å². The van der Waals surface area contributed by atoms with Gasteiger partial charge in [-0.2, -0.15) is 9.50 Å². The summed E-state index contributed by atoms with van der Waals surface area (Å²) in [5.41, 5.74) is -0.871. The Bertz CT molecular complexity index is 1300. The fraction of sp³-hybridized carbons (Fsp3) is 0.519. The highest BCUT2D eigenvalue weighted by Crippen LogP contribution is 2.35. The molecule has 0 bridgehead atoms.